The van der Waals surface area contributed by atoms with Gasteiger partial charge in [0.15, 0.2) is 0 Å². The van der Waals surface area contributed by atoms with Crippen molar-refractivity contribution in [3.63, 3.8) is 0 Å². The predicted octanol–water partition coefficient (Wildman–Crippen LogP) is -0.807. The first-order chi connectivity index (χ1) is 8.36. The molecule has 0 radical (unpaired) electrons. The van der Waals surface area contributed by atoms with Gasteiger partial charge in [-0.3, -0.25) is 10.1 Å². The Morgan fingerprint density at radius 1 is 1.39 bits per heavy atom. The smallest absolute Gasteiger partial charge is 0.269 e. The van der Waals surface area contributed by atoms with Gasteiger partial charge in [-0.15, -0.1) is 0 Å². The minimum absolute atomic E-state index is 0.0667. The van der Waals surface area contributed by atoms with Crippen LogP contribution in [0.25, 0.3) is 0 Å². The molecule has 1 rings (SSSR count). The van der Waals surface area contributed by atoms with Crippen LogP contribution in [0.15, 0.2) is 29.2 Å². The van der Waals surface area contributed by atoms with Gasteiger partial charge in [0, 0.05) is 25.2 Å². The first-order valence-electron chi connectivity index (χ1n) is 4.99. The Morgan fingerprint density at radius 3 is 2.39 bits per heavy atom. The lowest BCUT2D eigenvalue weighted by Gasteiger charge is -2.09. The van der Waals surface area contributed by atoms with E-state index in [2.05, 4.69) is 4.72 Å². The number of hydrogen-bond acceptors (Lipinski definition) is 6. The molecule has 0 aliphatic rings. The largest absolute Gasteiger partial charge is 0.390 e. The van der Waals surface area contributed by atoms with E-state index >= 15 is 0 Å². The van der Waals surface area contributed by atoms with E-state index in [-0.39, 0.29) is 23.7 Å². The summed E-state index contributed by atoms with van der Waals surface area (Å²) in [6.45, 7) is -0.279. The summed E-state index contributed by atoms with van der Waals surface area (Å²) in [6, 6.07) is 4.42. The molecule has 0 heterocycles. The van der Waals surface area contributed by atoms with E-state index in [1.54, 1.807) is 0 Å². The zero-order chi connectivity index (χ0) is 13.8. The number of rotatable bonds is 6. The van der Waals surface area contributed by atoms with Gasteiger partial charge in [0.2, 0.25) is 10.0 Å². The topological polar surface area (TPSA) is 136 Å². The summed E-state index contributed by atoms with van der Waals surface area (Å²) >= 11 is 0. The number of nitrogens with two attached hydrogens (primary N) is 1. The Morgan fingerprint density at radius 2 is 1.94 bits per heavy atom. The Hall–Kier alpha value is -1.55. The van der Waals surface area contributed by atoms with Crippen molar-refractivity contribution in [3.05, 3.63) is 34.4 Å². The summed E-state index contributed by atoms with van der Waals surface area (Å²) in [5.41, 5.74) is 4.94. The second-order valence-electron chi connectivity index (χ2n) is 3.49. The standard InChI is InChI=1S/C9H13N3O5S/c10-5-8(13)6-11-18(16,17)9-3-1-7(2-4-9)12(14)15/h1-4,8,11,13H,5-6,10H2. The quantitative estimate of drug-likeness (QED) is 0.459. The highest BCUT2D eigenvalue weighted by Gasteiger charge is 2.16. The molecule has 1 aromatic carbocycles. The molecule has 1 atom stereocenters. The van der Waals surface area contributed by atoms with Gasteiger partial charge in [-0.1, -0.05) is 0 Å². The Kier molecular flexibility index (Phi) is 4.73. The number of benzene rings is 1. The lowest BCUT2D eigenvalue weighted by Crippen LogP contribution is -2.36. The van der Waals surface area contributed by atoms with Crippen LogP contribution in [0.2, 0.25) is 0 Å². The third-order valence-electron chi connectivity index (χ3n) is 2.14. The maximum Gasteiger partial charge on any atom is 0.269 e. The SMILES string of the molecule is NCC(O)CNS(=O)(=O)c1ccc([N+](=O)[O-])cc1. The first-order valence-corrected chi connectivity index (χ1v) is 6.47. The average molecular weight is 275 g/mol. The Bertz CT molecular complexity index is 514. The molecule has 100 valence electrons. The maximum absolute atomic E-state index is 11.7. The van der Waals surface area contributed by atoms with Crippen LogP contribution in [0.4, 0.5) is 5.69 Å². The minimum atomic E-state index is -3.80. The third kappa shape index (κ3) is 3.74. The first kappa shape index (κ1) is 14.5. The highest BCUT2D eigenvalue weighted by atomic mass is 32.2. The van der Waals surface area contributed by atoms with Crippen molar-refractivity contribution in [2.75, 3.05) is 13.1 Å². The van der Waals surface area contributed by atoms with E-state index in [1.807, 2.05) is 0 Å². The van der Waals surface area contributed by atoms with Gasteiger partial charge in [-0.05, 0) is 12.1 Å². The van der Waals surface area contributed by atoms with Crippen molar-refractivity contribution < 1.29 is 18.4 Å². The average Bonchev–Trinajstić information content (AvgIpc) is 2.36. The number of nitrogens with one attached hydrogen (secondary N) is 1. The van der Waals surface area contributed by atoms with Gasteiger partial charge < -0.3 is 10.8 Å². The number of sulfonamides is 1. The number of nitrogens with zero attached hydrogens (tertiary/aromatic N) is 1. The van der Waals surface area contributed by atoms with E-state index in [0.29, 0.717) is 0 Å². The third-order valence-corrected chi connectivity index (χ3v) is 3.58. The molecule has 18 heavy (non-hydrogen) atoms. The number of aliphatic hydroxyl groups excluding tert-OH is 1. The van der Waals surface area contributed by atoms with E-state index < -0.39 is 21.1 Å². The van der Waals surface area contributed by atoms with Gasteiger partial charge in [0.1, 0.15) is 0 Å². The van der Waals surface area contributed by atoms with Crippen molar-refractivity contribution in [3.8, 4) is 0 Å². The van der Waals surface area contributed by atoms with Crippen molar-refractivity contribution >= 4 is 15.7 Å². The zero-order valence-electron chi connectivity index (χ0n) is 9.31. The van der Waals surface area contributed by atoms with E-state index in [9.17, 15) is 18.5 Å². The van der Waals surface area contributed by atoms with Crippen LogP contribution in [0, 0.1) is 10.1 Å². The lowest BCUT2D eigenvalue weighted by atomic mass is 10.3. The highest BCUT2D eigenvalue weighted by molar-refractivity contribution is 7.89. The molecule has 0 aromatic heterocycles. The fourth-order valence-corrected chi connectivity index (χ4v) is 2.19. The van der Waals surface area contributed by atoms with Gasteiger partial charge in [0.25, 0.3) is 5.69 Å². The molecule has 0 saturated carbocycles. The van der Waals surface area contributed by atoms with Crippen molar-refractivity contribution in [1.29, 1.82) is 0 Å². The molecule has 0 amide bonds. The number of hydrogen-bond donors (Lipinski definition) is 3. The van der Waals surface area contributed by atoms with E-state index in [1.165, 1.54) is 0 Å². The second-order valence-corrected chi connectivity index (χ2v) is 5.26. The molecule has 8 nitrogen and oxygen atoms in total. The molecule has 1 aromatic rings. The van der Waals surface area contributed by atoms with Crippen LogP contribution in [0.3, 0.4) is 0 Å². The number of non-ortho nitro benzene ring substituents is 1. The highest BCUT2D eigenvalue weighted by Crippen LogP contribution is 2.15. The summed E-state index contributed by atoms with van der Waals surface area (Å²) in [5.74, 6) is 0. The number of nitro groups is 1. The molecule has 0 bridgehead atoms. The molecule has 1 unspecified atom stereocenters. The van der Waals surface area contributed by atoms with E-state index in [0.717, 1.165) is 24.3 Å². The Labute approximate surface area is 104 Å². The summed E-state index contributed by atoms with van der Waals surface area (Å²) < 4.78 is 25.5. The molecule has 4 N–H and O–H groups in total. The van der Waals surface area contributed by atoms with Crippen LogP contribution in [-0.2, 0) is 10.0 Å². The Balaban J connectivity index is 2.82. The van der Waals surface area contributed by atoms with Crippen LogP contribution in [-0.4, -0.2) is 37.6 Å². The molecular formula is C9H13N3O5S. The summed E-state index contributed by atoms with van der Waals surface area (Å²) in [5, 5.41) is 19.6. The van der Waals surface area contributed by atoms with Crippen LogP contribution < -0.4 is 10.5 Å². The number of nitro benzene ring substituents is 1. The fourth-order valence-electron chi connectivity index (χ4n) is 1.12. The number of aliphatic hydroxyl groups is 1. The van der Waals surface area contributed by atoms with Gasteiger partial charge in [-0.2, -0.15) is 0 Å². The normalized spacial score (nSPS) is 13.2. The summed E-state index contributed by atoms with van der Waals surface area (Å²) in [7, 11) is -3.80. The zero-order valence-corrected chi connectivity index (χ0v) is 10.1. The molecule has 0 fully saturated rings. The fraction of sp³-hybridized carbons (Fsp3) is 0.333. The van der Waals surface area contributed by atoms with Crippen molar-refractivity contribution in [1.82, 2.24) is 4.72 Å². The molecule has 0 spiro atoms. The monoisotopic (exact) mass is 275 g/mol. The second kappa shape index (κ2) is 5.87. The van der Waals surface area contributed by atoms with Crippen molar-refractivity contribution in [2.24, 2.45) is 5.73 Å². The van der Waals surface area contributed by atoms with Crippen molar-refractivity contribution in [2.45, 2.75) is 11.0 Å². The molecule has 0 aliphatic heterocycles. The van der Waals surface area contributed by atoms with Gasteiger partial charge >= 0.3 is 0 Å². The summed E-state index contributed by atoms with van der Waals surface area (Å²) in [4.78, 5) is 9.67. The van der Waals surface area contributed by atoms with Crippen LogP contribution in [0.1, 0.15) is 0 Å². The molecular weight excluding hydrogens is 262 g/mol. The molecule has 0 saturated heterocycles. The van der Waals surface area contributed by atoms with Crippen LogP contribution >= 0.6 is 0 Å². The minimum Gasteiger partial charge on any atom is -0.390 e. The van der Waals surface area contributed by atoms with Gasteiger partial charge in [-0.25, -0.2) is 13.1 Å². The lowest BCUT2D eigenvalue weighted by molar-refractivity contribution is -0.384. The van der Waals surface area contributed by atoms with E-state index in [4.69, 9.17) is 10.8 Å². The maximum atomic E-state index is 11.7. The molecule has 9 heteroatoms. The summed E-state index contributed by atoms with van der Waals surface area (Å²) in [6.07, 6.45) is -0.974. The molecule has 0 aliphatic carbocycles. The van der Waals surface area contributed by atoms with Gasteiger partial charge in [0.05, 0.1) is 15.9 Å². The predicted molar refractivity (Wildman–Crippen MR) is 63.3 cm³/mol. The van der Waals surface area contributed by atoms with Crippen LogP contribution in [0.5, 0.6) is 0 Å².